The molecule has 3 aliphatic heterocycles. The maximum atomic E-state index is 14.6. The minimum Gasteiger partial charge on any atom is -0.369 e. The van der Waals surface area contributed by atoms with E-state index in [4.69, 9.17) is 0 Å². The number of pyridine rings is 1. The van der Waals surface area contributed by atoms with Crippen LogP contribution in [0.4, 0.5) is 10.1 Å². The van der Waals surface area contributed by atoms with Crippen molar-refractivity contribution >= 4 is 29.1 Å². The Morgan fingerprint density at radius 3 is 2.69 bits per heavy atom. The fraction of sp³-hybridized carbons (Fsp3) is 0.385. The Balaban J connectivity index is 1.18. The summed E-state index contributed by atoms with van der Waals surface area (Å²) in [5.74, 6) is -1.62. The zero-order valence-electron chi connectivity index (χ0n) is 20.0. The van der Waals surface area contributed by atoms with E-state index in [9.17, 15) is 18.8 Å². The van der Waals surface area contributed by atoms with E-state index in [-0.39, 0.29) is 31.2 Å². The molecule has 36 heavy (non-hydrogen) atoms. The molecule has 2 saturated heterocycles. The number of benzene rings is 1. The van der Waals surface area contributed by atoms with Crippen molar-refractivity contribution in [3.8, 4) is 0 Å². The number of rotatable bonds is 4. The molecule has 0 aliphatic carbocycles. The first-order valence-corrected chi connectivity index (χ1v) is 12.3. The van der Waals surface area contributed by atoms with Gasteiger partial charge >= 0.3 is 0 Å². The molecule has 6 rings (SSSR count). The van der Waals surface area contributed by atoms with Gasteiger partial charge in [0, 0.05) is 68.2 Å². The van der Waals surface area contributed by atoms with Crippen LogP contribution in [0.3, 0.4) is 0 Å². The Hall–Kier alpha value is -3.79. The highest BCUT2D eigenvalue weighted by Gasteiger charge is 2.41. The number of hydrogen-bond donors (Lipinski definition) is 1. The summed E-state index contributed by atoms with van der Waals surface area (Å²) in [6.07, 6.45) is 2.39. The van der Waals surface area contributed by atoms with E-state index in [1.807, 2.05) is 18.3 Å². The number of anilines is 1. The van der Waals surface area contributed by atoms with Crippen LogP contribution in [-0.2, 0) is 22.7 Å². The summed E-state index contributed by atoms with van der Waals surface area (Å²) in [6.45, 7) is 6.03. The normalized spacial score (nSPS) is 20.8. The van der Waals surface area contributed by atoms with Gasteiger partial charge in [-0.1, -0.05) is 6.07 Å². The number of carbonyl (C=O) groups is 3. The topological polar surface area (TPSA) is 90.3 Å². The Bertz CT molecular complexity index is 1390. The molecule has 1 N–H and O–H groups in total. The van der Waals surface area contributed by atoms with Crippen LogP contribution in [0.1, 0.15) is 40.2 Å². The molecule has 3 amide bonds. The summed E-state index contributed by atoms with van der Waals surface area (Å²) in [6, 6.07) is 8.10. The third kappa shape index (κ3) is 3.81. The highest BCUT2D eigenvalue weighted by Crippen LogP contribution is 2.35. The summed E-state index contributed by atoms with van der Waals surface area (Å²) in [5.41, 5.74) is 4.96. The van der Waals surface area contributed by atoms with Crippen LogP contribution in [0.25, 0.3) is 5.65 Å². The van der Waals surface area contributed by atoms with Crippen LogP contribution in [0.15, 0.2) is 36.5 Å². The number of hydrogen-bond acceptors (Lipinski definition) is 6. The molecule has 5 heterocycles. The Morgan fingerprint density at radius 2 is 1.92 bits per heavy atom. The van der Waals surface area contributed by atoms with E-state index in [0.29, 0.717) is 24.3 Å². The van der Waals surface area contributed by atoms with Crippen LogP contribution in [-0.4, -0.2) is 69.1 Å². The number of imidazole rings is 1. The molecule has 0 bridgehead atoms. The van der Waals surface area contributed by atoms with Crippen molar-refractivity contribution < 1.29 is 18.8 Å². The minimum atomic E-state index is -0.718. The Kier molecular flexibility index (Phi) is 5.48. The number of amides is 3. The van der Waals surface area contributed by atoms with Gasteiger partial charge in [0.2, 0.25) is 11.8 Å². The highest BCUT2D eigenvalue weighted by atomic mass is 19.1. The largest absolute Gasteiger partial charge is 0.369 e. The fourth-order valence-electron chi connectivity index (χ4n) is 5.65. The summed E-state index contributed by atoms with van der Waals surface area (Å²) >= 11 is 0. The molecule has 0 spiro atoms. The first-order valence-electron chi connectivity index (χ1n) is 12.3. The SMILES string of the molecule is Cc1cccc2ncc(CN3CCN(c4cc(F)cc5c4CN(C4CCC(=O)NC4=O)C5=O)CC3)n12. The van der Waals surface area contributed by atoms with Gasteiger partial charge in [-0.15, -0.1) is 0 Å². The van der Waals surface area contributed by atoms with Gasteiger partial charge in [-0.3, -0.25) is 24.6 Å². The van der Waals surface area contributed by atoms with E-state index in [1.165, 1.54) is 17.0 Å². The van der Waals surface area contributed by atoms with E-state index in [0.717, 1.165) is 42.2 Å². The molecule has 1 atom stereocenters. The van der Waals surface area contributed by atoms with Crippen LogP contribution in [0.5, 0.6) is 0 Å². The molecule has 10 heteroatoms. The predicted molar refractivity (Wildman–Crippen MR) is 130 cm³/mol. The van der Waals surface area contributed by atoms with E-state index >= 15 is 0 Å². The molecular weight excluding hydrogens is 463 g/mol. The number of piperazine rings is 1. The Morgan fingerprint density at radius 1 is 1.11 bits per heavy atom. The number of piperidine rings is 1. The summed E-state index contributed by atoms with van der Waals surface area (Å²) in [4.78, 5) is 47.5. The van der Waals surface area contributed by atoms with Gasteiger partial charge in [0.05, 0.1) is 11.9 Å². The van der Waals surface area contributed by atoms with Crippen molar-refractivity contribution in [2.75, 3.05) is 31.1 Å². The molecule has 3 aliphatic rings. The average molecular weight is 491 g/mol. The van der Waals surface area contributed by atoms with Crippen molar-refractivity contribution in [2.24, 2.45) is 0 Å². The number of halogens is 1. The van der Waals surface area contributed by atoms with Gasteiger partial charge in [-0.05, 0) is 37.6 Å². The van der Waals surface area contributed by atoms with Gasteiger partial charge in [-0.25, -0.2) is 9.37 Å². The number of carbonyl (C=O) groups excluding carboxylic acids is 3. The molecule has 3 aromatic rings. The Labute approximate surface area is 207 Å². The molecule has 2 aromatic heterocycles. The van der Waals surface area contributed by atoms with Crippen molar-refractivity contribution in [3.05, 3.63) is 64.9 Å². The molecule has 0 radical (unpaired) electrons. The summed E-state index contributed by atoms with van der Waals surface area (Å²) in [7, 11) is 0. The second-order valence-corrected chi connectivity index (χ2v) is 9.72. The second kappa shape index (κ2) is 8.70. The third-order valence-electron chi connectivity index (χ3n) is 7.49. The smallest absolute Gasteiger partial charge is 0.255 e. The first kappa shape index (κ1) is 22.7. The number of nitrogens with zero attached hydrogens (tertiary/aromatic N) is 5. The number of aryl methyl sites for hydroxylation is 1. The molecule has 9 nitrogen and oxygen atoms in total. The molecule has 1 aromatic carbocycles. The predicted octanol–water partition coefficient (Wildman–Crippen LogP) is 1.87. The molecular formula is C26H27FN6O3. The van der Waals surface area contributed by atoms with E-state index in [2.05, 4.69) is 37.5 Å². The fourth-order valence-corrected chi connectivity index (χ4v) is 5.65. The maximum absolute atomic E-state index is 14.6. The van der Waals surface area contributed by atoms with Crippen molar-refractivity contribution in [1.82, 2.24) is 24.5 Å². The van der Waals surface area contributed by atoms with Crippen LogP contribution in [0.2, 0.25) is 0 Å². The standard InChI is InChI=1S/C26H27FN6O3/c1-16-3-2-4-23-28-13-18(33(16)23)14-30-7-9-31(10-8-30)22-12-17(27)11-19-20(22)15-32(26(19)36)21-5-6-24(34)29-25(21)35/h2-4,11-13,21H,5-10,14-15H2,1H3,(H,29,34,35). The molecule has 0 saturated carbocycles. The average Bonchev–Trinajstić information content (AvgIpc) is 3.41. The van der Waals surface area contributed by atoms with Gasteiger partial charge in [0.25, 0.3) is 5.91 Å². The van der Waals surface area contributed by atoms with E-state index in [1.54, 1.807) is 0 Å². The lowest BCUT2D eigenvalue weighted by molar-refractivity contribution is -0.136. The van der Waals surface area contributed by atoms with Gasteiger partial charge in [0.15, 0.2) is 0 Å². The van der Waals surface area contributed by atoms with Crippen LogP contribution in [0, 0.1) is 12.7 Å². The molecule has 1 unspecified atom stereocenters. The number of imide groups is 1. The van der Waals surface area contributed by atoms with Crippen LogP contribution >= 0.6 is 0 Å². The molecule has 186 valence electrons. The van der Waals surface area contributed by atoms with E-state index < -0.39 is 17.8 Å². The number of nitrogens with one attached hydrogen (secondary N) is 1. The van der Waals surface area contributed by atoms with Crippen molar-refractivity contribution in [2.45, 2.75) is 38.9 Å². The zero-order chi connectivity index (χ0) is 25.0. The van der Waals surface area contributed by atoms with Crippen molar-refractivity contribution in [3.63, 3.8) is 0 Å². The van der Waals surface area contributed by atoms with Crippen molar-refractivity contribution in [1.29, 1.82) is 0 Å². The number of aromatic nitrogens is 2. The third-order valence-corrected chi connectivity index (χ3v) is 7.49. The quantitative estimate of drug-likeness (QED) is 0.562. The second-order valence-electron chi connectivity index (χ2n) is 9.72. The lowest BCUT2D eigenvalue weighted by Crippen LogP contribution is -2.52. The van der Waals surface area contributed by atoms with Crippen LogP contribution < -0.4 is 10.2 Å². The maximum Gasteiger partial charge on any atom is 0.255 e. The molecule has 2 fully saturated rings. The monoisotopic (exact) mass is 490 g/mol. The lowest BCUT2D eigenvalue weighted by atomic mass is 10.0. The zero-order valence-corrected chi connectivity index (χ0v) is 20.0. The van der Waals surface area contributed by atoms with Gasteiger partial charge in [-0.2, -0.15) is 0 Å². The lowest BCUT2D eigenvalue weighted by Gasteiger charge is -2.37. The number of fused-ring (bicyclic) bond motifs is 2. The first-order chi connectivity index (χ1) is 17.4. The summed E-state index contributed by atoms with van der Waals surface area (Å²) in [5, 5.41) is 2.31. The minimum absolute atomic E-state index is 0.186. The van der Waals surface area contributed by atoms with Gasteiger partial charge in [0.1, 0.15) is 17.5 Å². The highest BCUT2D eigenvalue weighted by molar-refractivity contribution is 6.06. The summed E-state index contributed by atoms with van der Waals surface area (Å²) < 4.78 is 16.8. The van der Waals surface area contributed by atoms with Gasteiger partial charge < -0.3 is 14.2 Å².